The molecule has 1 aromatic heterocycles. The minimum atomic E-state index is 0.739. The van der Waals surface area contributed by atoms with Crippen LogP contribution < -0.4 is 5.32 Å². The third kappa shape index (κ3) is 6.45. The zero-order chi connectivity index (χ0) is 11.6. The van der Waals surface area contributed by atoms with Gasteiger partial charge in [0.2, 0.25) is 0 Å². The summed E-state index contributed by atoms with van der Waals surface area (Å²) in [5.41, 5.74) is 0. The van der Waals surface area contributed by atoms with Crippen LogP contribution in [0.25, 0.3) is 0 Å². The van der Waals surface area contributed by atoms with Gasteiger partial charge in [-0.1, -0.05) is 11.6 Å². The summed E-state index contributed by atoms with van der Waals surface area (Å²) in [7, 11) is 1.70. The molecule has 0 atom stereocenters. The second-order valence-electron chi connectivity index (χ2n) is 3.31. The van der Waals surface area contributed by atoms with Gasteiger partial charge >= 0.3 is 0 Å². The Labute approximate surface area is 106 Å². The van der Waals surface area contributed by atoms with E-state index in [1.807, 2.05) is 12.1 Å². The summed E-state index contributed by atoms with van der Waals surface area (Å²) < 4.78 is 11.2. The number of methoxy groups -OCH3 is 1. The van der Waals surface area contributed by atoms with E-state index in [-0.39, 0.29) is 0 Å². The lowest BCUT2D eigenvalue weighted by atomic mass is 10.4. The molecule has 0 spiro atoms. The summed E-state index contributed by atoms with van der Waals surface area (Å²) in [5, 5.41) is 3.22. The van der Waals surface area contributed by atoms with E-state index in [1.54, 1.807) is 18.4 Å². The van der Waals surface area contributed by atoms with Crippen LogP contribution in [0.3, 0.4) is 0 Å². The zero-order valence-corrected chi connectivity index (χ0v) is 11.1. The molecule has 1 N–H and O–H groups in total. The molecule has 0 radical (unpaired) electrons. The second-order valence-corrected chi connectivity index (χ2v) is 5.11. The lowest BCUT2D eigenvalue weighted by molar-refractivity contribution is 0.135. The monoisotopic (exact) mass is 263 g/mol. The van der Waals surface area contributed by atoms with Crippen LogP contribution in [0.5, 0.6) is 0 Å². The van der Waals surface area contributed by atoms with Gasteiger partial charge in [0.15, 0.2) is 0 Å². The van der Waals surface area contributed by atoms with E-state index in [1.165, 1.54) is 4.88 Å². The Bertz CT molecular complexity index is 281. The first kappa shape index (κ1) is 13.9. The summed E-state index contributed by atoms with van der Waals surface area (Å²) in [6.07, 6.45) is 0.940. The number of hydrogen-bond donors (Lipinski definition) is 1. The number of ether oxygens (including phenoxy) is 2. The van der Waals surface area contributed by atoms with Crippen molar-refractivity contribution >= 4 is 22.9 Å². The minimum absolute atomic E-state index is 0.739. The molecule has 92 valence electrons. The van der Waals surface area contributed by atoms with Crippen LogP contribution in [0.2, 0.25) is 4.34 Å². The van der Waals surface area contributed by atoms with Crippen molar-refractivity contribution in [2.75, 3.05) is 40.0 Å². The van der Waals surface area contributed by atoms with Gasteiger partial charge in [-0.2, -0.15) is 0 Å². The van der Waals surface area contributed by atoms with E-state index in [0.717, 1.165) is 43.7 Å². The highest BCUT2D eigenvalue weighted by atomic mass is 35.5. The Hall–Kier alpha value is -0.130. The van der Waals surface area contributed by atoms with Crippen LogP contribution in [0.1, 0.15) is 4.88 Å². The smallest absolute Gasteiger partial charge is 0.0931 e. The van der Waals surface area contributed by atoms with Gasteiger partial charge in [0, 0.05) is 31.5 Å². The van der Waals surface area contributed by atoms with Crippen LogP contribution in [0, 0.1) is 0 Å². The molecule has 0 amide bonds. The number of halogens is 1. The van der Waals surface area contributed by atoms with Gasteiger partial charge in [0.1, 0.15) is 0 Å². The topological polar surface area (TPSA) is 30.5 Å². The van der Waals surface area contributed by atoms with Gasteiger partial charge in [-0.25, -0.2) is 0 Å². The fraction of sp³-hybridized carbons (Fsp3) is 0.636. The third-order valence-electron chi connectivity index (χ3n) is 2.03. The highest BCUT2D eigenvalue weighted by Crippen LogP contribution is 2.21. The Morgan fingerprint density at radius 1 is 1.25 bits per heavy atom. The van der Waals surface area contributed by atoms with Crippen LogP contribution >= 0.6 is 22.9 Å². The maximum absolute atomic E-state index is 5.83. The molecule has 0 fully saturated rings. The van der Waals surface area contributed by atoms with Crippen molar-refractivity contribution < 1.29 is 9.47 Å². The predicted octanol–water partition coefficient (Wildman–Crippen LogP) is 2.20. The molecule has 0 unspecified atom stereocenters. The summed E-state index contributed by atoms with van der Waals surface area (Å²) in [6, 6.07) is 3.97. The Balaban J connectivity index is 1.88. The highest BCUT2D eigenvalue weighted by molar-refractivity contribution is 7.16. The van der Waals surface area contributed by atoms with Gasteiger partial charge in [0.25, 0.3) is 0 Å². The molecule has 5 heteroatoms. The molecule has 1 heterocycles. The van der Waals surface area contributed by atoms with Gasteiger partial charge < -0.3 is 14.8 Å². The van der Waals surface area contributed by atoms with Crippen molar-refractivity contribution in [1.82, 2.24) is 5.32 Å². The normalized spacial score (nSPS) is 10.9. The van der Waals surface area contributed by atoms with Gasteiger partial charge in [-0.15, -0.1) is 11.3 Å². The van der Waals surface area contributed by atoms with Crippen LogP contribution in [-0.4, -0.2) is 40.0 Å². The van der Waals surface area contributed by atoms with Crippen molar-refractivity contribution in [1.29, 1.82) is 0 Å². The van der Waals surface area contributed by atoms with E-state index in [0.29, 0.717) is 0 Å². The van der Waals surface area contributed by atoms with Crippen molar-refractivity contribution in [3.63, 3.8) is 0 Å². The van der Waals surface area contributed by atoms with Gasteiger partial charge in [-0.3, -0.25) is 0 Å². The van der Waals surface area contributed by atoms with Crippen molar-refractivity contribution in [2.45, 2.75) is 6.42 Å². The molecule has 3 nitrogen and oxygen atoms in total. The summed E-state index contributed by atoms with van der Waals surface area (Å²) in [5.74, 6) is 0. The first-order valence-electron chi connectivity index (χ1n) is 5.34. The van der Waals surface area contributed by atoms with E-state index in [4.69, 9.17) is 21.1 Å². The second kappa shape index (κ2) is 8.96. The number of nitrogens with one attached hydrogen (secondary N) is 1. The molecule has 1 aromatic rings. The van der Waals surface area contributed by atoms with Gasteiger partial charge in [-0.05, 0) is 12.1 Å². The maximum atomic E-state index is 5.83. The Morgan fingerprint density at radius 2 is 2.06 bits per heavy atom. The molecule has 0 bridgehead atoms. The molecule has 0 aliphatic rings. The van der Waals surface area contributed by atoms with Crippen molar-refractivity contribution in [2.24, 2.45) is 0 Å². The van der Waals surface area contributed by atoms with E-state index in [9.17, 15) is 0 Å². The third-order valence-corrected chi connectivity index (χ3v) is 3.32. The Morgan fingerprint density at radius 3 is 2.75 bits per heavy atom. The largest absolute Gasteiger partial charge is 0.383 e. The average molecular weight is 264 g/mol. The summed E-state index contributed by atoms with van der Waals surface area (Å²) >= 11 is 7.44. The zero-order valence-electron chi connectivity index (χ0n) is 9.50. The minimum Gasteiger partial charge on any atom is -0.383 e. The molecule has 0 aromatic carbocycles. The SMILES string of the molecule is COCCNCCOCCc1ccc(Cl)s1. The Kier molecular flexibility index (Phi) is 7.80. The maximum Gasteiger partial charge on any atom is 0.0931 e. The molecular weight excluding hydrogens is 246 g/mol. The molecule has 1 rings (SSSR count). The first-order chi connectivity index (χ1) is 7.83. The number of hydrogen-bond acceptors (Lipinski definition) is 4. The molecule has 16 heavy (non-hydrogen) atoms. The molecular formula is C11H18ClNO2S. The molecule has 0 aliphatic carbocycles. The fourth-order valence-corrected chi connectivity index (χ4v) is 2.27. The lowest BCUT2D eigenvalue weighted by Crippen LogP contribution is -2.23. The lowest BCUT2D eigenvalue weighted by Gasteiger charge is -2.04. The standard InChI is InChI=1S/C11H18ClNO2S/c1-14-8-5-13-6-9-15-7-4-10-2-3-11(12)16-10/h2-3,13H,4-9H2,1H3. The van der Waals surface area contributed by atoms with Crippen LogP contribution in [0.4, 0.5) is 0 Å². The average Bonchev–Trinajstić information content (AvgIpc) is 2.68. The predicted molar refractivity (Wildman–Crippen MR) is 68.6 cm³/mol. The molecule has 0 saturated heterocycles. The van der Waals surface area contributed by atoms with Crippen LogP contribution in [-0.2, 0) is 15.9 Å². The fourth-order valence-electron chi connectivity index (χ4n) is 1.20. The summed E-state index contributed by atoms with van der Waals surface area (Å²) in [6.45, 7) is 3.98. The van der Waals surface area contributed by atoms with Gasteiger partial charge in [0.05, 0.1) is 24.2 Å². The highest BCUT2D eigenvalue weighted by Gasteiger charge is 1.97. The van der Waals surface area contributed by atoms with E-state index < -0.39 is 0 Å². The first-order valence-corrected chi connectivity index (χ1v) is 6.54. The number of rotatable bonds is 9. The van der Waals surface area contributed by atoms with Crippen molar-refractivity contribution in [3.05, 3.63) is 21.3 Å². The van der Waals surface area contributed by atoms with E-state index in [2.05, 4.69) is 5.32 Å². The quantitative estimate of drug-likeness (QED) is 0.693. The number of thiophene rings is 1. The van der Waals surface area contributed by atoms with E-state index >= 15 is 0 Å². The molecule has 0 aliphatic heterocycles. The van der Waals surface area contributed by atoms with Crippen LogP contribution in [0.15, 0.2) is 12.1 Å². The summed E-state index contributed by atoms with van der Waals surface area (Å²) in [4.78, 5) is 1.28. The van der Waals surface area contributed by atoms with Crippen molar-refractivity contribution in [3.8, 4) is 0 Å². The molecule has 0 saturated carbocycles.